The summed E-state index contributed by atoms with van der Waals surface area (Å²) >= 11 is 0. The molecule has 0 unspecified atom stereocenters. The van der Waals surface area contributed by atoms with E-state index < -0.39 is 6.10 Å². The lowest BCUT2D eigenvalue weighted by Gasteiger charge is -2.25. The molecule has 0 bridgehead atoms. The molecule has 1 aromatic rings. The van der Waals surface area contributed by atoms with Crippen molar-refractivity contribution >= 4 is 0 Å². The molecular formula is C18H25NO4. The maximum absolute atomic E-state index is 10.1. The Balaban J connectivity index is 1.98. The number of nitrogens with zero attached hydrogens (tertiary/aromatic N) is 1. The van der Waals surface area contributed by atoms with Crippen molar-refractivity contribution in [2.75, 3.05) is 34.0 Å². The summed E-state index contributed by atoms with van der Waals surface area (Å²) < 4.78 is 15.8. The van der Waals surface area contributed by atoms with Crippen LogP contribution in [0.2, 0.25) is 0 Å². The number of terminal acetylenes is 1. The quantitative estimate of drug-likeness (QED) is 0.525. The van der Waals surface area contributed by atoms with Crippen molar-refractivity contribution in [3.05, 3.63) is 23.8 Å². The minimum atomic E-state index is -0.545. The highest BCUT2D eigenvalue weighted by Crippen LogP contribution is 2.30. The number of hydrogen-bond acceptors (Lipinski definition) is 5. The number of benzene rings is 1. The Kier molecular flexibility index (Phi) is 6.72. The molecule has 1 aliphatic carbocycles. The largest absolute Gasteiger partial charge is 0.497 e. The van der Waals surface area contributed by atoms with E-state index in [-0.39, 0.29) is 13.2 Å². The van der Waals surface area contributed by atoms with Crippen LogP contribution in [0.4, 0.5) is 0 Å². The van der Waals surface area contributed by atoms with Crippen LogP contribution in [0, 0.1) is 12.3 Å². The van der Waals surface area contributed by atoms with Crippen LogP contribution in [-0.4, -0.2) is 56.1 Å². The normalized spacial score (nSPS) is 15.3. The van der Waals surface area contributed by atoms with Crippen molar-refractivity contribution in [3.8, 4) is 23.8 Å². The molecule has 1 fully saturated rings. The average molecular weight is 319 g/mol. The summed E-state index contributed by atoms with van der Waals surface area (Å²) in [6.45, 7) is 1.79. The van der Waals surface area contributed by atoms with Gasteiger partial charge in [-0.05, 0) is 30.5 Å². The summed E-state index contributed by atoms with van der Waals surface area (Å²) in [7, 11) is 3.29. The number of aliphatic hydroxyl groups excluding tert-OH is 1. The van der Waals surface area contributed by atoms with Crippen molar-refractivity contribution in [2.24, 2.45) is 0 Å². The molecule has 0 amide bonds. The summed E-state index contributed by atoms with van der Waals surface area (Å²) in [5.74, 6) is 3.94. The lowest BCUT2D eigenvalue weighted by Crippen LogP contribution is -2.36. The molecule has 23 heavy (non-hydrogen) atoms. The fourth-order valence-corrected chi connectivity index (χ4v) is 2.55. The van der Waals surface area contributed by atoms with E-state index in [9.17, 15) is 5.11 Å². The fourth-order valence-electron chi connectivity index (χ4n) is 2.55. The summed E-state index contributed by atoms with van der Waals surface area (Å²) in [6.07, 6.45) is 6.93. The molecular weight excluding hydrogens is 294 g/mol. The number of hydrogen-bond donors (Lipinski definition) is 1. The van der Waals surface area contributed by atoms with E-state index in [1.54, 1.807) is 14.2 Å². The van der Waals surface area contributed by atoms with Gasteiger partial charge in [0.15, 0.2) is 0 Å². The molecule has 5 heteroatoms. The van der Waals surface area contributed by atoms with Gasteiger partial charge in [0, 0.05) is 25.2 Å². The van der Waals surface area contributed by atoms with Crippen LogP contribution in [0.1, 0.15) is 18.4 Å². The molecule has 0 aromatic heterocycles. The zero-order valence-electron chi connectivity index (χ0n) is 13.8. The van der Waals surface area contributed by atoms with Crippen LogP contribution in [0.5, 0.6) is 11.5 Å². The van der Waals surface area contributed by atoms with Gasteiger partial charge in [-0.2, -0.15) is 0 Å². The smallest absolute Gasteiger partial charge is 0.122 e. The maximum atomic E-state index is 10.1. The number of rotatable bonds is 10. The zero-order valence-corrected chi connectivity index (χ0v) is 13.8. The standard InChI is InChI=1S/C18H25NO4/c1-4-7-23-13-16(20)12-19(15-5-6-15)11-14-8-17(21-2)10-18(9-14)22-3/h1,8-10,15-16,20H,5-7,11-13H2,2-3H3/t16-/m0/s1. The highest BCUT2D eigenvalue weighted by Gasteiger charge is 2.30. The first kappa shape index (κ1) is 17.6. The van der Waals surface area contributed by atoms with Crippen LogP contribution < -0.4 is 9.47 Å². The van der Waals surface area contributed by atoms with Gasteiger partial charge in [-0.15, -0.1) is 6.42 Å². The molecule has 1 saturated carbocycles. The Bertz CT molecular complexity index is 514. The third-order valence-corrected chi connectivity index (χ3v) is 3.80. The summed E-state index contributed by atoms with van der Waals surface area (Å²) in [6, 6.07) is 6.38. The molecule has 0 heterocycles. The first-order valence-corrected chi connectivity index (χ1v) is 7.81. The number of ether oxygens (including phenoxy) is 3. The molecule has 1 aliphatic rings. The Hall–Kier alpha value is -1.74. The third-order valence-electron chi connectivity index (χ3n) is 3.80. The first-order valence-electron chi connectivity index (χ1n) is 7.81. The molecule has 126 valence electrons. The van der Waals surface area contributed by atoms with Crippen molar-refractivity contribution in [3.63, 3.8) is 0 Å². The van der Waals surface area contributed by atoms with Gasteiger partial charge < -0.3 is 19.3 Å². The van der Waals surface area contributed by atoms with Gasteiger partial charge in [-0.3, -0.25) is 4.90 Å². The van der Waals surface area contributed by atoms with Gasteiger partial charge >= 0.3 is 0 Å². The molecule has 0 radical (unpaired) electrons. The van der Waals surface area contributed by atoms with E-state index in [0.29, 0.717) is 12.6 Å². The highest BCUT2D eigenvalue weighted by atomic mass is 16.5. The molecule has 1 atom stereocenters. The number of methoxy groups -OCH3 is 2. The molecule has 1 N–H and O–H groups in total. The van der Waals surface area contributed by atoms with E-state index in [4.69, 9.17) is 20.6 Å². The first-order chi connectivity index (χ1) is 11.2. The average Bonchev–Trinajstić information content (AvgIpc) is 3.39. The fraction of sp³-hybridized carbons (Fsp3) is 0.556. The summed E-state index contributed by atoms with van der Waals surface area (Å²) in [5, 5.41) is 10.1. The molecule has 5 nitrogen and oxygen atoms in total. The van der Waals surface area contributed by atoms with E-state index in [2.05, 4.69) is 10.8 Å². The van der Waals surface area contributed by atoms with E-state index >= 15 is 0 Å². The number of aliphatic hydroxyl groups is 1. The SMILES string of the molecule is C#CCOC[C@@H](O)CN(Cc1cc(OC)cc(OC)c1)C1CC1. The lowest BCUT2D eigenvalue weighted by molar-refractivity contribution is 0.0242. The van der Waals surface area contributed by atoms with Gasteiger partial charge in [0.05, 0.1) is 26.9 Å². The third kappa shape index (κ3) is 5.76. The second kappa shape index (κ2) is 8.78. The maximum Gasteiger partial charge on any atom is 0.122 e. The van der Waals surface area contributed by atoms with E-state index in [1.807, 2.05) is 18.2 Å². The van der Waals surface area contributed by atoms with Crippen molar-refractivity contribution in [1.29, 1.82) is 0 Å². The van der Waals surface area contributed by atoms with Crippen LogP contribution >= 0.6 is 0 Å². The Morgan fingerprint density at radius 3 is 2.43 bits per heavy atom. The van der Waals surface area contributed by atoms with Gasteiger partial charge in [-0.25, -0.2) is 0 Å². The second-order valence-electron chi connectivity index (χ2n) is 5.75. The van der Waals surface area contributed by atoms with Crippen LogP contribution in [-0.2, 0) is 11.3 Å². The molecule has 0 spiro atoms. The Labute approximate surface area is 138 Å². The van der Waals surface area contributed by atoms with Gasteiger partial charge in [0.2, 0.25) is 0 Å². The minimum Gasteiger partial charge on any atom is -0.497 e. The van der Waals surface area contributed by atoms with Gasteiger partial charge in [0.25, 0.3) is 0 Å². The van der Waals surface area contributed by atoms with Crippen LogP contribution in [0.25, 0.3) is 0 Å². The van der Waals surface area contributed by atoms with Gasteiger partial charge in [0.1, 0.15) is 18.1 Å². The predicted molar refractivity (Wildman–Crippen MR) is 88.6 cm³/mol. The lowest BCUT2D eigenvalue weighted by atomic mass is 10.1. The monoisotopic (exact) mass is 319 g/mol. The van der Waals surface area contributed by atoms with Crippen LogP contribution in [0.15, 0.2) is 18.2 Å². The Morgan fingerprint density at radius 1 is 1.26 bits per heavy atom. The molecule has 0 saturated heterocycles. The molecule has 0 aliphatic heterocycles. The van der Waals surface area contributed by atoms with Crippen molar-refractivity contribution < 1.29 is 19.3 Å². The molecule has 1 aromatic carbocycles. The second-order valence-corrected chi connectivity index (χ2v) is 5.75. The van der Waals surface area contributed by atoms with Crippen LogP contribution in [0.3, 0.4) is 0 Å². The highest BCUT2D eigenvalue weighted by molar-refractivity contribution is 5.38. The molecule has 2 rings (SSSR count). The zero-order chi connectivity index (χ0) is 16.7. The topological polar surface area (TPSA) is 51.2 Å². The predicted octanol–water partition coefficient (Wildman–Crippen LogP) is 1.68. The Morgan fingerprint density at radius 2 is 1.91 bits per heavy atom. The van der Waals surface area contributed by atoms with Gasteiger partial charge in [-0.1, -0.05) is 5.92 Å². The van der Waals surface area contributed by atoms with Crippen molar-refractivity contribution in [1.82, 2.24) is 4.90 Å². The van der Waals surface area contributed by atoms with E-state index in [0.717, 1.165) is 23.6 Å². The minimum absolute atomic E-state index is 0.230. The summed E-state index contributed by atoms with van der Waals surface area (Å²) in [4.78, 5) is 2.28. The van der Waals surface area contributed by atoms with E-state index in [1.165, 1.54) is 12.8 Å². The summed E-state index contributed by atoms with van der Waals surface area (Å²) in [5.41, 5.74) is 1.10. The van der Waals surface area contributed by atoms with Crippen molar-refractivity contribution in [2.45, 2.75) is 31.5 Å².